The van der Waals surface area contributed by atoms with Crippen molar-refractivity contribution in [3.8, 4) is 0 Å². The fraction of sp³-hybridized carbons (Fsp3) is 0.471. The molecule has 0 atom stereocenters. The normalized spacial score (nSPS) is 17.6. The van der Waals surface area contributed by atoms with Crippen LogP contribution in [-0.4, -0.2) is 42.6 Å². The van der Waals surface area contributed by atoms with E-state index in [9.17, 15) is 0 Å². The summed E-state index contributed by atoms with van der Waals surface area (Å²) < 4.78 is 0. The zero-order valence-corrected chi connectivity index (χ0v) is 12.2. The lowest BCUT2D eigenvalue weighted by Crippen LogP contribution is -2.41. The van der Waals surface area contributed by atoms with Crippen LogP contribution in [0.15, 0.2) is 36.5 Å². The summed E-state index contributed by atoms with van der Waals surface area (Å²) >= 11 is 0. The van der Waals surface area contributed by atoms with E-state index in [0.29, 0.717) is 6.04 Å². The number of para-hydroxylation sites is 1. The van der Waals surface area contributed by atoms with E-state index >= 15 is 0 Å². The van der Waals surface area contributed by atoms with Crippen LogP contribution >= 0.6 is 0 Å². The number of nitrogens with zero attached hydrogens (tertiary/aromatic N) is 2. The lowest BCUT2D eigenvalue weighted by Gasteiger charge is -2.29. The Morgan fingerprint density at radius 1 is 1.20 bits per heavy atom. The van der Waals surface area contributed by atoms with Gasteiger partial charge in [0.15, 0.2) is 0 Å². The summed E-state index contributed by atoms with van der Waals surface area (Å²) in [5, 5.41) is 4.94. The molecule has 1 saturated heterocycles. The van der Waals surface area contributed by atoms with Crippen LogP contribution in [0.25, 0.3) is 10.9 Å². The predicted molar refractivity (Wildman–Crippen MR) is 84.0 cm³/mol. The maximum Gasteiger partial charge on any atom is 0.0734 e. The molecule has 3 heteroatoms. The Labute approximate surface area is 121 Å². The van der Waals surface area contributed by atoms with E-state index in [0.717, 1.165) is 18.5 Å². The van der Waals surface area contributed by atoms with Gasteiger partial charge in [0.2, 0.25) is 0 Å². The second-order valence-corrected chi connectivity index (χ2v) is 5.77. The molecule has 0 aliphatic carbocycles. The van der Waals surface area contributed by atoms with Gasteiger partial charge in [0.05, 0.1) is 5.52 Å². The molecule has 20 heavy (non-hydrogen) atoms. The minimum absolute atomic E-state index is 0.689. The summed E-state index contributed by atoms with van der Waals surface area (Å²) in [5.74, 6) is 0. The second-order valence-electron chi connectivity index (χ2n) is 5.77. The first-order valence-corrected chi connectivity index (χ1v) is 7.57. The van der Waals surface area contributed by atoms with Gasteiger partial charge < -0.3 is 10.2 Å². The number of hydrogen-bond acceptors (Lipinski definition) is 3. The zero-order chi connectivity index (χ0) is 13.8. The van der Waals surface area contributed by atoms with Crippen LogP contribution in [-0.2, 0) is 6.42 Å². The third-order valence-electron chi connectivity index (χ3n) is 4.26. The second kappa shape index (κ2) is 6.33. The van der Waals surface area contributed by atoms with E-state index in [-0.39, 0.29) is 0 Å². The van der Waals surface area contributed by atoms with Crippen molar-refractivity contribution in [3.05, 3.63) is 42.1 Å². The molecule has 0 amide bonds. The molecular formula is C17H23N3. The summed E-state index contributed by atoms with van der Waals surface area (Å²) in [4.78, 5) is 6.93. The molecule has 2 aromatic rings. The van der Waals surface area contributed by atoms with Gasteiger partial charge in [-0.15, -0.1) is 0 Å². The molecule has 0 radical (unpaired) electrons. The van der Waals surface area contributed by atoms with Gasteiger partial charge in [0.1, 0.15) is 0 Å². The maximum atomic E-state index is 4.52. The molecule has 106 valence electrons. The number of benzene rings is 1. The molecule has 2 heterocycles. The third kappa shape index (κ3) is 3.17. The Morgan fingerprint density at radius 2 is 2.00 bits per heavy atom. The number of hydrogen-bond donors (Lipinski definition) is 1. The van der Waals surface area contributed by atoms with E-state index in [1.165, 1.54) is 36.9 Å². The number of fused-ring (bicyclic) bond motifs is 1. The molecule has 1 fully saturated rings. The highest BCUT2D eigenvalue weighted by molar-refractivity contribution is 5.81. The highest BCUT2D eigenvalue weighted by Crippen LogP contribution is 2.16. The fourth-order valence-corrected chi connectivity index (χ4v) is 2.99. The number of piperidine rings is 1. The van der Waals surface area contributed by atoms with Crippen LogP contribution in [0.2, 0.25) is 0 Å². The predicted octanol–water partition coefficient (Wildman–Crippen LogP) is 2.46. The fourth-order valence-electron chi connectivity index (χ4n) is 2.99. The molecular weight excluding hydrogens is 246 g/mol. The van der Waals surface area contributed by atoms with Crippen molar-refractivity contribution >= 4 is 10.9 Å². The molecule has 1 aromatic heterocycles. The van der Waals surface area contributed by atoms with Crippen molar-refractivity contribution in [1.29, 1.82) is 0 Å². The van der Waals surface area contributed by atoms with E-state index in [4.69, 9.17) is 0 Å². The lowest BCUT2D eigenvalue weighted by atomic mass is 10.0. The zero-order valence-electron chi connectivity index (χ0n) is 12.2. The van der Waals surface area contributed by atoms with Gasteiger partial charge in [0, 0.05) is 17.6 Å². The van der Waals surface area contributed by atoms with Crippen LogP contribution < -0.4 is 5.32 Å². The van der Waals surface area contributed by atoms with Crippen molar-refractivity contribution in [1.82, 2.24) is 15.2 Å². The van der Waals surface area contributed by atoms with E-state index < -0.39 is 0 Å². The van der Waals surface area contributed by atoms with Crippen LogP contribution in [0.4, 0.5) is 0 Å². The van der Waals surface area contributed by atoms with Crippen LogP contribution in [0, 0.1) is 0 Å². The molecule has 1 aliphatic rings. The first-order chi connectivity index (χ1) is 9.83. The Balaban J connectivity index is 1.57. The Kier molecular flexibility index (Phi) is 4.28. The monoisotopic (exact) mass is 269 g/mol. The first-order valence-electron chi connectivity index (χ1n) is 7.57. The van der Waals surface area contributed by atoms with Crippen molar-refractivity contribution in [2.24, 2.45) is 0 Å². The largest absolute Gasteiger partial charge is 0.314 e. The SMILES string of the molecule is CN1CCC(NCCc2cccc3cccnc23)CC1. The Morgan fingerprint density at radius 3 is 2.85 bits per heavy atom. The van der Waals surface area contributed by atoms with Gasteiger partial charge in [-0.3, -0.25) is 4.98 Å². The molecule has 0 saturated carbocycles. The number of nitrogens with one attached hydrogen (secondary N) is 1. The highest BCUT2D eigenvalue weighted by atomic mass is 15.1. The highest BCUT2D eigenvalue weighted by Gasteiger charge is 2.15. The molecule has 1 aromatic carbocycles. The molecule has 1 N–H and O–H groups in total. The average molecular weight is 269 g/mol. The Hall–Kier alpha value is -1.45. The quantitative estimate of drug-likeness (QED) is 0.924. The van der Waals surface area contributed by atoms with Gasteiger partial charge in [-0.1, -0.05) is 24.3 Å². The Bertz CT molecular complexity index is 554. The summed E-state index contributed by atoms with van der Waals surface area (Å²) in [6.45, 7) is 3.48. The molecule has 0 spiro atoms. The number of aromatic nitrogens is 1. The van der Waals surface area contributed by atoms with Gasteiger partial charge in [-0.05, 0) is 57.6 Å². The van der Waals surface area contributed by atoms with Crippen LogP contribution in [0.3, 0.4) is 0 Å². The number of likely N-dealkylation sites (tertiary alicyclic amines) is 1. The molecule has 3 nitrogen and oxygen atoms in total. The standard InChI is InChI=1S/C17H23N3/c1-20-12-8-16(9-13-20)18-11-7-15-5-2-4-14-6-3-10-19-17(14)15/h2-6,10,16,18H,7-9,11-13H2,1H3. The van der Waals surface area contributed by atoms with Gasteiger partial charge in [-0.25, -0.2) is 0 Å². The van der Waals surface area contributed by atoms with E-state index in [1.807, 2.05) is 12.3 Å². The lowest BCUT2D eigenvalue weighted by molar-refractivity contribution is 0.235. The summed E-state index contributed by atoms with van der Waals surface area (Å²) in [7, 11) is 2.21. The van der Waals surface area contributed by atoms with Crippen molar-refractivity contribution in [2.45, 2.75) is 25.3 Å². The molecule has 3 rings (SSSR count). The van der Waals surface area contributed by atoms with E-state index in [2.05, 4.69) is 46.5 Å². The maximum absolute atomic E-state index is 4.52. The first kappa shape index (κ1) is 13.5. The van der Waals surface area contributed by atoms with Crippen molar-refractivity contribution < 1.29 is 0 Å². The number of pyridine rings is 1. The number of rotatable bonds is 4. The molecule has 0 unspecified atom stereocenters. The van der Waals surface area contributed by atoms with Crippen LogP contribution in [0.5, 0.6) is 0 Å². The van der Waals surface area contributed by atoms with Crippen LogP contribution in [0.1, 0.15) is 18.4 Å². The van der Waals surface area contributed by atoms with Crippen molar-refractivity contribution in [3.63, 3.8) is 0 Å². The third-order valence-corrected chi connectivity index (χ3v) is 4.26. The summed E-state index contributed by atoms with van der Waals surface area (Å²) in [6.07, 6.45) is 5.48. The summed E-state index contributed by atoms with van der Waals surface area (Å²) in [5.41, 5.74) is 2.50. The molecule has 1 aliphatic heterocycles. The van der Waals surface area contributed by atoms with Crippen molar-refractivity contribution in [2.75, 3.05) is 26.7 Å². The van der Waals surface area contributed by atoms with Gasteiger partial charge >= 0.3 is 0 Å². The van der Waals surface area contributed by atoms with Gasteiger partial charge in [0.25, 0.3) is 0 Å². The smallest absolute Gasteiger partial charge is 0.0734 e. The minimum Gasteiger partial charge on any atom is -0.314 e. The van der Waals surface area contributed by atoms with E-state index in [1.54, 1.807) is 0 Å². The topological polar surface area (TPSA) is 28.2 Å². The summed E-state index contributed by atoms with van der Waals surface area (Å²) in [6, 6.07) is 11.3. The average Bonchev–Trinajstić information content (AvgIpc) is 2.49. The van der Waals surface area contributed by atoms with Gasteiger partial charge in [-0.2, -0.15) is 0 Å². The molecule has 0 bridgehead atoms. The minimum atomic E-state index is 0.689.